The SMILES string of the molecule is N#Cc1ccc(-c2cc(N)nn2-c2ccc3nn(CCO)cc3c2)cc1F. The van der Waals surface area contributed by atoms with Gasteiger partial charge in [0, 0.05) is 23.2 Å². The van der Waals surface area contributed by atoms with Crippen molar-refractivity contribution in [1.29, 1.82) is 5.26 Å². The number of fused-ring (bicyclic) bond motifs is 1. The molecule has 2 aromatic heterocycles. The molecule has 4 aromatic rings. The van der Waals surface area contributed by atoms with E-state index in [0.29, 0.717) is 23.6 Å². The maximum absolute atomic E-state index is 14.0. The summed E-state index contributed by atoms with van der Waals surface area (Å²) in [5.41, 5.74) is 8.56. The number of nitrogen functional groups attached to an aromatic ring is 1. The Labute approximate surface area is 153 Å². The fourth-order valence-corrected chi connectivity index (χ4v) is 2.98. The van der Waals surface area contributed by atoms with Crippen LogP contribution in [-0.4, -0.2) is 31.3 Å². The number of benzene rings is 2. The molecule has 0 atom stereocenters. The predicted molar refractivity (Wildman–Crippen MR) is 98.5 cm³/mol. The van der Waals surface area contributed by atoms with Crippen LogP contribution in [0.15, 0.2) is 48.7 Å². The summed E-state index contributed by atoms with van der Waals surface area (Å²) in [4.78, 5) is 0. The summed E-state index contributed by atoms with van der Waals surface area (Å²) in [6.45, 7) is 0.416. The molecule has 0 saturated carbocycles. The molecule has 0 fully saturated rings. The van der Waals surface area contributed by atoms with E-state index in [0.717, 1.165) is 16.6 Å². The molecule has 0 aliphatic rings. The van der Waals surface area contributed by atoms with E-state index >= 15 is 0 Å². The Morgan fingerprint density at radius 1 is 1.15 bits per heavy atom. The van der Waals surface area contributed by atoms with Gasteiger partial charge in [-0.1, -0.05) is 6.07 Å². The van der Waals surface area contributed by atoms with Crippen LogP contribution in [0.4, 0.5) is 10.2 Å². The van der Waals surface area contributed by atoms with Gasteiger partial charge in [-0.2, -0.15) is 15.5 Å². The van der Waals surface area contributed by atoms with E-state index in [9.17, 15) is 4.39 Å². The highest BCUT2D eigenvalue weighted by Gasteiger charge is 2.13. The quantitative estimate of drug-likeness (QED) is 0.580. The number of nitriles is 1. The first-order chi connectivity index (χ1) is 13.1. The average molecular weight is 362 g/mol. The van der Waals surface area contributed by atoms with Gasteiger partial charge in [-0.15, -0.1) is 0 Å². The lowest BCUT2D eigenvalue weighted by molar-refractivity contribution is 0.270. The van der Waals surface area contributed by atoms with Crippen molar-refractivity contribution in [2.45, 2.75) is 6.54 Å². The molecule has 3 N–H and O–H groups in total. The molecule has 2 heterocycles. The lowest BCUT2D eigenvalue weighted by atomic mass is 10.1. The van der Waals surface area contributed by atoms with Crippen molar-refractivity contribution in [2.75, 3.05) is 12.3 Å². The molecule has 2 aromatic carbocycles. The average Bonchev–Trinajstić information content (AvgIpc) is 3.24. The van der Waals surface area contributed by atoms with E-state index < -0.39 is 5.82 Å². The van der Waals surface area contributed by atoms with Gasteiger partial charge in [0.25, 0.3) is 0 Å². The normalized spacial score (nSPS) is 11.0. The summed E-state index contributed by atoms with van der Waals surface area (Å²) in [6, 6.07) is 13.4. The van der Waals surface area contributed by atoms with Crippen LogP contribution in [-0.2, 0) is 6.54 Å². The van der Waals surface area contributed by atoms with Gasteiger partial charge in [0.15, 0.2) is 0 Å². The number of aliphatic hydroxyl groups is 1. The summed E-state index contributed by atoms with van der Waals surface area (Å²) < 4.78 is 17.3. The van der Waals surface area contributed by atoms with E-state index in [4.69, 9.17) is 16.1 Å². The molecule has 0 aliphatic heterocycles. The Morgan fingerprint density at radius 2 is 2.00 bits per heavy atom. The number of aliphatic hydroxyl groups excluding tert-OH is 1. The third-order valence-electron chi connectivity index (χ3n) is 4.22. The second-order valence-electron chi connectivity index (χ2n) is 6.03. The van der Waals surface area contributed by atoms with Crippen LogP contribution >= 0.6 is 0 Å². The van der Waals surface area contributed by atoms with Gasteiger partial charge in [0.1, 0.15) is 17.7 Å². The molecule has 8 heteroatoms. The number of nitrogens with two attached hydrogens (primary N) is 1. The molecule has 0 aliphatic carbocycles. The van der Waals surface area contributed by atoms with Crippen LogP contribution in [0.25, 0.3) is 27.8 Å². The molecular formula is C19H15FN6O. The lowest BCUT2D eigenvalue weighted by Crippen LogP contribution is -2.01. The van der Waals surface area contributed by atoms with Crippen LogP contribution in [0, 0.1) is 17.1 Å². The highest BCUT2D eigenvalue weighted by atomic mass is 19.1. The van der Waals surface area contributed by atoms with Gasteiger partial charge in [0.2, 0.25) is 0 Å². The summed E-state index contributed by atoms with van der Waals surface area (Å²) in [7, 11) is 0. The maximum atomic E-state index is 14.0. The van der Waals surface area contributed by atoms with Gasteiger partial charge in [-0.05, 0) is 30.3 Å². The Balaban J connectivity index is 1.82. The van der Waals surface area contributed by atoms with Crippen molar-refractivity contribution in [3.05, 3.63) is 60.0 Å². The van der Waals surface area contributed by atoms with E-state index in [2.05, 4.69) is 10.2 Å². The van der Waals surface area contributed by atoms with Crippen LogP contribution < -0.4 is 5.73 Å². The van der Waals surface area contributed by atoms with Crippen LogP contribution in [0.2, 0.25) is 0 Å². The number of rotatable bonds is 4. The molecule has 0 unspecified atom stereocenters. The van der Waals surface area contributed by atoms with Gasteiger partial charge in [0.05, 0.1) is 35.6 Å². The lowest BCUT2D eigenvalue weighted by Gasteiger charge is -2.08. The smallest absolute Gasteiger partial charge is 0.146 e. The topological polar surface area (TPSA) is 106 Å². The van der Waals surface area contributed by atoms with Crippen molar-refractivity contribution in [3.8, 4) is 23.0 Å². The van der Waals surface area contributed by atoms with E-state index in [1.165, 1.54) is 12.1 Å². The number of hydrogen-bond acceptors (Lipinski definition) is 5. The largest absolute Gasteiger partial charge is 0.394 e. The molecule has 0 bridgehead atoms. The Kier molecular flexibility index (Phi) is 4.06. The van der Waals surface area contributed by atoms with E-state index in [1.807, 2.05) is 30.5 Å². The van der Waals surface area contributed by atoms with Crippen molar-refractivity contribution in [1.82, 2.24) is 19.6 Å². The number of halogens is 1. The van der Waals surface area contributed by atoms with Gasteiger partial charge in [-0.3, -0.25) is 4.68 Å². The van der Waals surface area contributed by atoms with Crippen molar-refractivity contribution >= 4 is 16.7 Å². The van der Waals surface area contributed by atoms with Gasteiger partial charge < -0.3 is 10.8 Å². The molecule has 0 saturated heterocycles. The van der Waals surface area contributed by atoms with Crippen LogP contribution in [0.3, 0.4) is 0 Å². The molecule has 4 rings (SSSR count). The molecule has 0 spiro atoms. The highest BCUT2D eigenvalue weighted by Crippen LogP contribution is 2.28. The second kappa shape index (κ2) is 6.55. The standard InChI is InChI=1S/C19H15FN6O/c20-16-8-12(1-2-13(16)10-21)18-9-19(22)24-26(18)15-3-4-17-14(7-15)11-25(23-17)5-6-27/h1-4,7-9,11,27H,5-6H2,(H2,22,24). The fourth-order valence-electron chi connectivity index (χ4n) is 2.98. The van der Waals surface area contributed by atoms with E-state index in [-0.39, 0.29) is 12.2 Å². The first-order valence-electron chi connectivity index (χ1n) is 8.23. The minimum Gasteiger partial charge on any atom is -0.394 e. The zero-order chi connectivity index (χ0) is 19.0. The Bertz CT molecular complexity index is 1190. The second-order valence-corrected chi connectivity index (χ2v) is 6.03. The first kappa shape index (κ1) is 16.8. The molecule has 134 valence electrons. The molecule has 27 heavy (non-hydrogen) atoms. The van der Waals surface area contributed by atoms with E-state index in [1.54, 1.807) is 21.5 Å². The first-order valence-corrected chi connectivity index (χ1v) is 8.23. The van der Waals surface area contributed by atoms with Crippen LogP contribution in [0.5, 0.6) is 0 Å². The zero-order valence-electron chi connectivity index (χ0n) is 14.2. The molecule has 0 radical (unpaired) electrons. The summed E-state index contributed by atoms with van der Waals surface area (Å²) in [6.07, 6.45) is 1.84. The Hall–Kier alpha value is -3.70. The van der Waals surface area contributed by atoms with Crippen molar-refractivity contribution < 1.29 is 9.50 Å². The predicted octanol–water partition coefficient (Wildman–Crippen LogP) is 2.47. The van der Waals surface area contributed by atoms with Crippen molar-refractivity contribution in [2.24, 2.45) is 0 Å². The third-order valence-corrected chi connectivity index (χ3v) is 4.22. The minimum absolute atomic E-state index is 0.00490. The van der Waals surface area contributed by atoms with Gasteiger partial charge >= 0.3 is 0 Å². The number of aromatic nitrogens is 4. The molecule has 0 amide bonds. The summed E-state index contributed by atoms with van der Waals surface area (Å²) in [5.74, 6) is -0.298. The molecule has 7 nitrogen and oxygen atoms in total. The third kappa shape index (κ3) is 3.01. The van der Waals surface area contributed by atoms with Gasteiger partial charge in [-0.25, -0.2) is 9.07 Å². The fraction of sp³-hybridized carbons (Fsp3) is 0.105. The summed E-state index contributed by atoms with van der Waals surface area (Å²) in [5, 5.41) is 27.5. The monoisotopic (exact) mass is 362 g/mol. The maximum Gasteiger partial charge on any atom is 0.146 e. The number of hydrogen-bond donors (Lipinski definition) is 2. The number of anilines is 1. The zero-order valence-corrected chi connectivity index (χ0v) is 14.2. The van der Waals surface area contributed by atoms with Crippen LogP contribution in [0.1, 0.15) is 5.56 Å². The Morgan fingerprint density at radius 3 is 2.74 bits per heavy atom. The summed E-state index contributed by atoms with van der Waals surface area (Å²) >= 11 is 0. The van der Waals surface area contributed by atoms with Crippen molar-refractivity contribution in [3.63, 3.8) is 0 Å². The molecular weight excluding hydrogens is 347 g/mol. The highest BCUT2D eigenvalue weighted by molar-refractivity contribution is 5.81. The number of nitrogens with zero attached hydrogens (tertiary/aromatic N) is 5. The minimum atomic E-state index is -0.595.